The van der Waals surface area contributed by atoms with Crippen molar-refractivity contribution in [2.24, 2.45) is 0 Å². The Morgan fingerprint density at radius 1 is 1.28 bits per heavy atom. The highest BCUT2D eigenvalue weighted by Gasteiger charge is 2.21. The average Bonchev–Trinajstić information content (AvgIpc) is 3.25. The van der Waals surface area contributed by atoms with E-state index in [-0.39, 0.29) is 0 Å². The molecule has 0 amide bonds. The number of morpholine rings is 1. The van der Waals surface area contributed by atoms with E-state index in [0.29, 0.717) is 6.04 Å². The Kier molecular flexibility index (Phi) is 4.79. The normalized spacial score (nSPS) is 17.2. The number of aromatic amines is 1. The highest BCUT2D eigenvalue weighted by atomic mass is 35.5. The number of rotatable bonds is 5. The van der Waals surface area contributed by atoms with Crippen molar-refractivity contribution in [1.29, 1.82) is 0 Å². The van der Waals surface area contributed by atoms with Crippen molar-refractivity contribution in [2.75, 3.05) is 32.8 Å². The van der Waals surface area contributed by atoms with E-state index in [1.807, 2.05) is 30.7 Å². The molecule has 1 atom stereocenters. The second kappa shape index (κ2) is 7.20. The first kappa shape index (κ1) is 16.6. The Morgan fingerprint density at radius 2 is 2.08 bits per heavy atom. The summed E-state index contributed by atoms with van der Waals surface area (Å²) in [7, 11) is 0. The first-order valence-corrected chi connectivity index (χ1v) is 9.24. The van der Waals surface area contributed by atoms with Gasteiger partial charge in [-0.2, -0.15) is 0 Å². The molecule has 6 heteroatoms. The molecule has 0 saturated carbocycles. The van der Waals surface area contributed by atoms with Gasteiger partial charge in [0.2, 0.25) is 0 Å². The molecule has 4 rings (SSSR count). The summed E-state index contributed by atoms with van der Waals surface area (Å²) in [5, 5.41) is 1.81. The van der Waals surface area contributed by atoms with Crippen LogP contribution in [0.4, 0.5) is 0 Å². The van der Waals surface area contributed by atoms with E-state index in [1.54, 1.807) is 0 Å². The molecule has 132 valence electrons. The van der Waals surface area contributed by atoms with Gasteiger partial charge in [0.15, 0.2) is 0 Å². The molecule has 1 N–H and O–H groups in total. The van der Waals surface area contributed by atoms with Gasteiger partial charge in [-0.3, -0.25) is 4.90 Å². The Bertz CT molecular complexity index is 850. The number of fused-ring (bicyclic) bond motifs is 1. The van der Waals surface area contributed by atoms with Gasteiger partial charge in [0.05, 0.1) is 42.1 Å². The van der Waals surface area contributed by atoms with Crippen LogP contribution in [-0.2, 0) is 4.74 Å². The third-order valence-corrected chi connectivity index (χ3v) is 5.39. The van der Waals surface area contributed by atoms with Crippen LogP contribution in [-0.4, -0.2) is 52.3 Å². The number of para-hydroxylation sites is 1. The van der Waals surface area contributed by atoms with E-state index >= 15 is 0 Å². The van der Waals surface area contributed by atoms with Crippen molar-refractivity contribution in [3.63, 3.8) is 0 Å². The van der Waals surface area contributed by atoms with Crippen LogP contribution >= 0.6 is 11.6 Å². The second-order valence-corrected chi connectivity index (χ2v) is 6.90. The lowest BCUT2D eigenvalue weighted by Crippen LogP contribution is -2.39. The predicted octanol–water partition coefficient (Wildman–Crippen LogP) is 3.97. The summed E-state index contributed by atoms with van der Waals surface area (Å²) < 4.78 is 7.72. The Labute approximate surface area is 152 Å². The van der Waals surface area contributed by atoms with Gasteiger partial charge in [0.25, 0.3) is 0 Å². The minimum atomic E-state index is 0.359. The van der Waals surface area contributed by atoms with Gasteiger partial charge >= 0.3 is 0 Å². The second-order valence-electron chi connectivity index (χ2n) is 6.52. The van der Waals surface area contributed by atoms with E-state index in [4.69, 9.17) is 16.3 Å². The van der Waals surface area contributed by atoms with Crippen LogP contribution in [0.25, 0.3) is 22.3 Å². The largest absolute Gasteiger partial charge is 0.379 e. The molecular weight excluding hydrogens is 336 g/mol. The predicted molar refractivity (Wildman–Crippen MR) is 101 cm³/mol. The maximum absolute atomic E-state index is 6.66. The number of H-pyrrole nitrogens is 1. The lowest BCUT2D eigenvalue weighted by atomic mass is 10.1. The van der Waals surface area contributed by atoms with Crippen LogP contribution in [0.2, 0.25) is 5.02 Å². The quantitative estimate of drug-likeness (QED) is 0.750. The van der Waals surface area contributed by atoms with Crippen molar-refractivity contribution in [3.05, 3.63) is 41.8 Å². The van der Waals surface area contributed by atoms with Gasteiger partial charge in [-0.05, 0) is 12.5 Å². The van der Waals surface area contributed by atoms with Gasteiger partial charge in [0, 0.05) is 36.6 Å². The standard InChI is InChI=1S/C19H23ClN4O/c1-2-14(12-23-7-9-25-10-8-23)24-13-21-11-17(24)19-18(20)15-5-3-4-6-16(15)22-19/h3-6,11,13-14,22H,2,7-10,12H2,1H3. The van der Waals surface area contributed by atoms with Gasteiger partial charge in [-0.25, -0.2) is 4.98 Å². The minimum Gasteiger partial charge on any atom is -0.379 e. The van der Waals surface area contributed by atoms with E-state index < -0.39 is 0 Å². The zero-order chi connectivity index (χ0) is 17.2. The zero-order valence-electron chi connectivity index (χ0n) is 14.4. The van der Waals surface area contributed by atoms with Crippen LogP contribution < -0.4 is 0 Å². The van der Waals surface area contributed by atoms with E-state index in [1.165, 1.54) is 0 Å². The maximum atomic E-state index is 6.66. The lowest BCUT2D eigenvalue weighted by Gasteiger charge is -2.31. The Balaban J connectivity index is 1.67. The summed E-state index contributed by atoms with van der Waals surface area (Å²) in [5.41, 5.74) is 3.04. The number of halogens is 1. The highest BCUT2D eigenvalue weighted by Crippen LogP contribution is 2.35. The fourth-order valence-electron chi connectivity index (χ4n) is 3.57. The summed E-state index contributed by atoms with van der Waals surface area (Å²) >= 11 is 6.66. The molecule has 1 unspecified atom stereocenters. The molecule has 2 aromatic heterocycles. The van der Waals surface area contributed by atoms with Gasteiger partial charge in [-0.1, -0.05) is 36.7 Å². The number of nitrogens with one attached hydrogen (secondary N) is 1. The van der Waals surface area contributed by atoms with Crippen molar-refractivity contribution in [1.82, 2.24) is 19.4 Å². The molecule has 25 heavy (non-hydrogen) atoms. The molecule has 0 aliphatic carbocycles. The summed E-state index contributed by atoms with van der Waals surface area (Å²) in [6, 6.07) is 8.48. The zero-order valence-corrected chi connectivity index (χ0v) is 15.2. The van der Waals surface area contributed by atoms with Crippen LogP contribution in [0.1, 0.15) is 19.4 Å². The number of hydrogen-bond donors (Lipinski definition) is 1. The SMILES string of the molecule is CCC(CN1CCOCC1)n1cncc1-c1[nH]c2ccccc2c1Cl. The van der Waals surface area contributed by atoms with Crippen LogP contribution in [0.5, 0.6) is 0 Å². The first-order valence-electron chi connectivity index (χ1n) is 8.86. The molecule has 1 aromatic carbocycles. The van der Waals surface area contributed by atoms with Crippen molar-refractivity contribution in [3.8, 4) is 11.4 Å². The molecule has 1 aliphatic heterocycles. The molecule has 3 heterocycles. The maximum Gasteiger partial charge on any atom is 0.0954 e. The molecule has 0 spiro atoms. The molecule has 1 saturated heterocycles. The fourth-order valence-corrected chi connectivity index (χ4v) is 3.88. The minimum absolute atomic E-state index is 0.359. The molecule has 3 aromatic rings. The average molecular weight is 359 g/mol. The van der Waals surface area contributed by atoms with Gasteiger partial charge in [0.1, 0.15) is 0 Å². The smallest absolute Gasteiger partial charge is 0.0954 e. The topological polar surface area (TPSA) is 46.1 Å². The number of nitrogens with zero attached hydrogens (tertiary/aromatic N) is 3. The van der Waals surface area contributed by atoms with E-state index in [0.717, 1.165) is 66.6 Å². The molecule has 1 aliphatic rings. The van der Waals surface area contributed by atoms with E-state index in [2.05, 4.69) is 32.4 Å². The first-order chi connectivity index (χ1) is 12.3. The lowest BCUT2D eigenvalue weighted by molar-refractivity contribution is 0.0313. The van der Waals surface area contributed by atoms with Gasteiger partial charge < -0.3 is 14.3 Å². The third kappa shape index (κ3) is 3.19. The summed E-state index contributed by atoms with van der Waals surface area (Å²) in [5.74, 6) is 0. The molecule has 0 bridgehead atoms. The van der Waals surface area contributed by atoms with Crippen LogP contribution in [0, 0.1) is 0 Å². The van der Waals surface area contributed by atoms with Crippen LogP contribution in [0.15, 0.2) is 36.8 Å². The van der Waals surface area contributed by atoms with Crippen molar-refractivity contribution < 1.29 is 4.74 Å². The molecule has 5 nitrogen and oxygen atoms in total. The third-order valence-electron chi connectivity index (χ3n) is 5.00. The highest BCUT2D eigenvalue weighted by molar-refractivity contribution is 6.38. The molecule has 0 radical (unpaired) electrons. The van der Waals surface area contributed by atoms with Gasteiger partial charge in [-0.15, -0.1) is 0 Å². The number of imidazole rings is 1. The Morgan fingerprint density at radius 3 is 2.84 bits per heavy atom. The fraction of sp³-hybridized carbons (Fsp3) is 0.421. The number of benzene rings is 1. The van der Waals surface area contributed by atoms with Crippen molar-refractivity contribution >= 4 is 22.5 Å². The number of ether oxygens (including phenoxy) is 1. The summed E-state index contributed by atoms with van der Waals surface area (Å²) in [4.78, 5) is 10.3. The number of hydrogen-bond acceptors (Lipinski definition) is 3. The molecule has 1 fully saturated rings. The molecular formula is C19H23ClN4O. The summed E-state index contributed by atoms with van der Waals surface area (Å²) in [6.07, 6.45) is 4.86. The summed E-state index contributed by atoms with van der Waals surface area (Å²) in [6.45, 7) is 6.85. The van der Waals surface area contributed by atoms with E-state index in [9.17, 15) is 0 Å². The Hall–Kier alpha value is -1.82. The monoisotopic (exact) mass is 358 g/mol. The van der Waals surface area contributed by atoms with Crippen molar-refractivity contribution in [2.45, 2.75) is 19.4 Å². The van der Waals surface area contributed by atoms with Crippen LogP contribution in [0.3, 0.4) is 0 Å². The number of aromatic nitrogens is 3.